The molecule has 0 saturated heterocycles. The van der Waals surface area contributed by atoms with Gasteiger partial charge in [0.15, 0.2) is 0 Å². The van der Waals surface area contributed by atoms with Crippen LogP contribution in [0.3, 0.4) is 0 Å². The lowest BCUT2D eigenvalue weighted by Crippen LogP contribution is -2.06. The lowest BCUT2D eigenvalue weighted by atomic mass is 10.1. The molecule has 0 aromatic carbocycles. The summed E-state index contributed by atoms with van der Waals surface area (Å²) >= 11 is 3.32. The molecule has 0 radical (unpaired) electrons. The van der Waals surface area contributed by atoms with Crippen molar-refractivity contribution in [3.05, 3.63) is 22.3 Å². The van der Waals surface area contributed by atoms with Gasteiger partial charge < -0.3 is 9.84 Å². The van der Waals surface area contributed by atoms with E-state index in [9.17, 15) is 5.11 Å². The molecule has 3 nitrogen and oxygen atoms in total. The molecule has 0 fully saturated rings. The van der Waals surface area contributed by atoms with Crippen molar-refractivity contribution in [1.29, 1.82) is 0 Å². The SMILES string of the molecule is COc1ncc(Br)cc1CC(C)O. The number of hydrogen-bond acceptors (Lipinski definition) is 3. The number of hydrogen-bond donors (Lipinski definition) is 1. The molecule has 1 aromatic rings. The highest BCUT2D eigenvalue weighted by Crippen LogP contribution is 2.20. The maximum Gasteiger partial charge on any atom is 0.216 e. The van der Waals surface area contributed by atoms with Gasteiger partial charge in [-0.05, 0) is 28.9 Å². The molecular formula is C9H12BrNO2. The summed E-state index contributed by atoms with van der Waals surface area (Å²) in [6.07, 6.45) is 1.84. The molecule has 1 N–H and O–H groups in total. The molecule has 0 aliphatic heterocycles. The van der Waals surface area contributed by atoms with Crippen LogP contribution in [0.4, 0.5) is 0 Å². The summed E-state index contributed by atoms with van der Waals surface area (Å²) in [7, 11) is 1.57. The summed E-state index contributed by atoms with van der Waals surface area (Å²) in [6, 6.07) is 1.90. The Morgan fingerprint density at radius 2 is 2.38 bits per heavy atom. The van der Waals surface area contributed by atoms with E-state index in [1.807, 2.05) is 6.07 Å². The Bertz CT molecular complexity index is 289. The smallest absolute Gasteiger partial charge is 0.216 e. The van der Waals surface area contributed by atoms with Gasteiger partial charge in [-0.15, -0.1) is 0 Å². The second-order valence-corrected chi connectivity index (χ2v) is 3.79. The molecule has 0 amide bonds. The van der Waals surface area contributed by atoms with Gasteiger partial charge in [0.1, 0.15) is 0 Å². The summed E-state index contributed by atoms with van der Waals surface area (Å²) in [5.41, 5.74) is 0.909. The Morgan fingerprint density at radius 3 is 2.92 bits per heavy atom. The van der Waals surface area contributed by atoms with Crippen LogP contribution in [0.1, 0.15) is 12.5 Å². The minimum atomic E-state index is -0.384. The van der Waals surface area contributed by atoms with Crippen molar-refractivity contribution in [3.63, 3.8) is 0 Å². The van der Waals surface area contributed by atoms with Gasteiger partial charge in [-0.1, -0.05) is 0 Å². The van der Waals surface area contributed by atoms with Gasteiger partial charge in [-0.2, -0.15) is 0 Å². The number of aromatic nitrogens is 1. The first-order valence-corrected chi connectivity index (χ1v) is 4.79. The van der Waals surface area contributed by atoms with Crippen molar-refractivity contribution in [2.75, 3.05) is 7.11 Å². The van der Waals surface area contributed by atoms with E-state index in [-0.39, 0.29) is 6.10 Å². The number of ether oxygens (including phenoxy) is 1. The first-order chi connectivity index (χ1) is 6.13. The molecular weight excluding hydrogens is 234 g/mol. The molecule has 0 aliphatic carbocycles. The third-order valence-corrected chi connectivity index (χ3v) is 2.03. The molecule has 0 saturated carbocycles. The van der Waals surface area contributed by atoms with Crippen LogP contribution in [0.2, 0.25) is 0 Å². The van der Waals surface area contributed by atoms with Crippen molar-refractivity contribution in [1.82, 2.24) is 4.98 Å². The van der Waals surface area contributed by atoms with E-state index in [1.54, 1.807) is 20.2 Å². The summed E-state index contributed by atoms with van der Waals surface area (Å²) in [5.74, 6) is 0.573. The van der Waals surface area contributed by atoms with E-state index < -0.39 is 0 Å². The predicted octanol–water partition coefficient (Wildman–Crippen LogP) is 1.78. The zero-order chi connectivity index (χ0) is 9.84. The quantitative estimate of drug-likeness (QED) is 0.883. The monoisotopic (exact) mass is 245 g/mol. The minimum Gasteiger partial charge on any atom is -0.481 e. The Morgan fingerprint density at radius 1 is 1.69 bits per heavy atom. The fourth-order valence-corrected chi connectivity index (χ4v) is 1.50. The maximum atomic E-state index is 9.22. The van der Waals surface area contributed by atoms with Crippen LogP contribution in [0.25, 0.3) is 0 Å². The molecule has 1 aromatic heterocycles. The summed E-state index contributed by atoms with van der Waals surface area (Å²) < 4.78 is 5.95. The molecule has 4 heteroatoms. The van der Waals surface area contributed by atoms with Crippen molar-refractivity contribution in [2.24, 2.45) is 0 Å². The predicted molar refractivity (Wildman–Crippen MR) is 53.9 cm³/mol. The molecule has 1 atom stereocenters. The third-order valence-electron chi connectivity index (χ3n) is 1.60. The second kappa shape index (κ2) is 4.58. The van der Waals surface area contributed by atoms with E-state index >= 15 is 0 Å². The number of nitrogens with zero attached hydrogens (tertiary/aromatic N) is 1. The normalized spacial score (nSPS) is 12.6. The average Bonchev–Trinajstić information content (AvgIpc) is 2.03. The Labute approximate surface area is 85.9 Å². The third kappa shape index (κ3) is 2.97. The Kier molecular flexibility index (Phi) is 3.69. The van der Waals surface area contributed by atoms with Crippen LogP contribution in [-0.4, -0.2) is 23.3 Å². The van der Waals surface area contributed by atoms with Gasteiger partial charge >= 0.3 is 0 Å². The van der Waals surface area contributed by atoms with Crippen LogP contribution < -0.4 is 4.74 Å². The number of methoxy groups -OCH3 is 1. The Balaban J connectivity index is 2.94. The molecule has 1 rings (SSSR count). The first kappa shape index (κ1) is 10.5. The van der Waals surface area contributed by atoms with E-state index in [4.69, 9.17) is 4.74 Å². The van der Waals surface area contributed by atoms with Gasteiger partial charge in [-0.3, -0.25) is 0 Å². The van der Waals surface area contributed by atoms with Crippen LogP contribution in [0.15, 0.2) is 16.7 Å². The van der Waals surface area contributed by atoms with Gasteiger partial charge in [0.05, 0.1) is 13.2 Å². The second-order valence-electron chi connectivity index (χ2n) is 2.88. The lowest BCUT2D eigenvalue weighted by Gasteiger charge is -2.08. The largest absolute Gasteiger partial charge is 0.481 e. The molecule has 1 unspecified atom stereocenters. The Hall–Kier alpha value is -0.610. The van der Waals surface area contributed by atoms with E-state index in [0.717, 1.165) is 10.0 Å². The lowest BCUT2D eigenvalue weighted by molar-refractivity contribution is 0.194. The number of halogens is 1. The van der Waals surface area contributed by atoms with E-state index in [2.05, 4.69) is 20.9 Å². The van der Waals surface area contributed by atoms with Crippen LogP contribution in [0, 0.1) is 0 Å². The molecule has 0 aliphatic rings. The zero-order valence-electron chi connectivity index (χ0n) is 7.62. The average molecular weight is 246 g/mol. The molecule has 13 heavy (non-hydrogen) atoms. The van der Waals surface area contributed by atoms with Crippen molar-refractivity contribution in [2.45, 2.75) is 19.4 Å². The van der Waals surface area contributed by atoms with Crippen LogP contribution >= 0.6 is 15.9 Å². The van der Waals surface area contributed by atoms with Gasteiger partial charge in [0.25, 0.3) is 0 Å². The number of pyridine rings is 1. The fourth-order valence-electron chi connectivity index (χ4n) is 1.12. The molecule has 0 bridgehead atoms. The number of rotatable bonds is 3. The minimum absolute atomic E-state index is 0.384. The van der Waals surface area contributed by atoms with Crippen LogP contribution in [0.5, 0.6) is 5.88 Å². The van der Waals surface area contributed by atoms with Gasteiger partial charge in [0.2, 0.25) is 5.88 Å². The fraction of sp³-hybridized carbons (Fsp3) is 0.444. The zero-order valence-corrected chi connectivity index (χ0v) is 9.21. The maximum absolute atomic E-state index is 9.22. The highest BCUT2D eigenvalue weighted by Gasteiger charge is 2.07. The number of aliphatic hydroxyl groups is 1. The van der Waals surface area contributed by atoms with Crippen molar-refractivity contribution >= 4 is 15.9 Å². The van der Waals surface area contributed by atoms with Gasteiger partial charge in [0, 0.05) is 22.7 Å². The first-order valence-electron chi connectivity index (χ1n) is 4.00. The van der Waals surface area contributed by atoms with E-state index in [1.165, 1.54) is 0 Å². The van der Waals surface area contributed by atoms with Crippen LogP contribution in [-0.2, 0) is 6.42 Å². The summed E-state index contributed by atoms with van der Waals surface area (Å²) in [5, 5.41) is 9.22. The molecule has 72 valence electrons. The molecule has 0 spiro atoms. The van der Waals surface area contributed by atoms with Crippen molar-refractivity contribution < 1.29 is 9.84 Å². The summed E-state index contributed by atoms with van der Waals surface area (Å²) in [4.78, 5) is 4.07. The van der Waals surface area contributed by atoms with Crippen molar-refractivity contribution in [3.8, 4) is 5.88 Å². The summed E-state index contributed by atoms with van der Waals surface area (Å²) in [6.45, 7) is 1.74. The molecule has 1 heterocycles. The topological polar surface area (TPSA) is 42.4 Å². The van der Waals surface area contributed by atoms with Gasteiger partial charge in [-0.25, -0.2) is 4.98 Å². The highest BCUT2D eigenvalue weighted by molar-refractivity contribution is 9.10. The number of aliphatic hydroxyl groups excluding tert-OH is 1. The highest BCUT2D eigenvalue weighted by atomic mass is 79.9. The standard InChI is InChI=1S/C9H12BrNO2/c1-6(12)3-7-4-8(10)5-11-9(7)13-2/h4-6,12H,3H2,1-2H3. The van der Waals surface area contributed by atoms with E-state index in [0.29, 0.717) is 12.3 Å².